The van der Waals surface area contributed by atoms with Crippen LogP contribution in [0.3, 0.4) is 0 Å². The van der Waals surface area contributed by atoms with Gasteiger partial charge < -0.3 is 15.1 Å². The summed E-state index contributed by atoms with van der Waals surface area (Å²) >= 11 is 9.42. The Kier molecular flexibility index (Phi) is 3.72. The second kappa shape index (κ2) is 5.48. The number of aromatic nitrogens is 2. The first-order valence-electron chi connectivity index (χ1n) is 5.99. The van der Waals surface area contributed by atoms with E-state index >= 15 is 0 Å². The Hall–Kier alpha value is -1.11. The minimum Gasteiger partial charge on any atom is -0.406 e. The van der Waals surface area contributed by atoms with Gasteiger partial charge in [-0.2, -0.15) is 0 Å². The quantitative estimate of drug-likeness (QED) is 0.870. The van der Waals surface area contributed by atoms with Gasteiger partial charge in [-0.15, -0.1) is 5.10 Å². The van der Waals surface area contributed by atoms with Crippen LogP contribution in [0.1, 0.15) is 18.7 Å². The molecule has 1 aromatic carbocycles. The van der Waals surface area contributed by atoms with Gasteiger partial charge in [0.15, 0.2) is 0 Å². The molecule has 0 saturated heterocycles. The van der Waals surface area contributed by atoms with Gasteiger partial charge in [-0.05, 0) is 40.9 Å². The van der Waals surface area contributed by atoms with Gasteiger partial charge in [0.25, 0.3) is 0 Å². The summed E-state index contributed by atoms with van der Waals surface area (Å²) < 4.78 is 6.27. The third-order valence-corrected chi connectivity index (χ3v) is 4.18. The molecule has 1 heterocycles. The zero-order valence-corrected chi connectivity index (χ0v) is 12.3. The van der Waals surface area contributed by atoms with Crippen LogP contribution in [0.2, 0.25) is 5.02 Å². The fraction of sp³-hybridized carbons (Fsp3) is 0.333. The zero-order valence-electron chi connectivity index (χ0n) is 9.99. The first-order valence-corrected chi connectivity index (χ1v) is 7.16. The first-order chi connectivity index (χ1) is 9.22. The lowest BCUT2D eigenvalue weighted by atomic mass is 10.3. The lowest BCUT2D eigenvalue weighted by Gasteiger charge is -2.05. The molecule has 100 valence electrons. The lowest BCUT2D eigenvalue weighted by molar-refractivity contribution is 0.478. The zero-order chi connectivity index (χ0) is 13.2. The van der Waals surface area contributed by atoms with Crippen molar-refractivity contribution in [2.45, 2.75) is 25.4 Å². The minimum absolute atomic E-state index is 0.357. The van der Waals surface area contributed by atoms with E-state index in [9.17, 15) is 0 Å². The molecule has 1 aliphatic carbocycles. The van der Waals surface area contributed by atoms with Crippen molar-refractivity contribution in [2.24, 2.45) is 0 Å². The summed E-state index contributed by atoms with van der Waals surface area (Å²) in [5.74, 6) is 0.576. The van der Waals surface area contributed by atoms with E-state index in [1.165, 1.54) is 12.8 Å². The average Bonchev–Trinajstić information content (AvgIpc) is 3.13. The molecule has 0 spiro atoms. The highest BCUT2D eigenvalue weighted by Gasteiger charge is 2.21. The standard InChI is InChI=1S/C12H12BrClN4O/c13-11-8(14)2-1-3-9(11)16-12-18-17-10(19-12)6-15-7-4-5-7/h1-3,7,15H,4-6H2,(H,16,18). The summed E-state index contributed by atoms with van der Waals surface area (Å²) in [6.07, 6.45) is 2.46. The fourth-order valence-corrected chi connectivity index (χ4v) is 2.15. The van der Waals surface area contributed by atoms with Crippen molar-refractivity contribution < 1.29 is 4.42 Å². The number of hydrogen-bond donors (Lipinski definition) is 2. The molecule has 7 heteroatoms. The number of anilines is 2. The minimum atomic E-state index is 0.357. The highest BCUT2D eigenvalue weighted by atomic mass is 79.9. The van der Waals surface area contributed by atoms with E-state index in [2.05, 4.69) is 36.8 Å². The van der Waals surface area contributed by atoms with Gasteiger partial charge in [-0.1, -0.05) is 22.8 Å². The van der Waals surface area contributed by atoms with Crippen molar-refractivity contribution in [3.63, 3.8) is 0 Å². The maximum atomic E-state index is 6.01. The van der Waals surface area contributed by atoms with Crippen molar-refractivity contribution in [3.05, 3.63) is 33.6 Å². The smallest absolute Gasteiger partial charge is 0.320 e. The first kappa shape index (κ1) is 12.9. The molecular weight excluding hydrogens is 332 g/mol. The van der Waals surface area contributed by atoms with Gasteiger partial charge in [0.05, 0.1) is 21.7 Å². The molecule has 1 aromatic heterocycles. The topological polar surface area (TPSA) is 63.0 Å². The normalized spacial score (nSPS) is 14.6. The Bertz CT molecular complexity index is 585. The Morgan fingerprint density at radius 1 is 1.37 bits per heavy atom. The maximum Gasteiger partial charge on any atom is 0.320 e. The molecule has 0 atom stereocenters. The molecular formula is C12H12BrClN4O. The van der Waals surface area contributed by atoms with E-state index in [-0.39, 0.29) is 0 Å². The van der Waals surface area contributed by atoms with Crippen LogP contribution in [0.15, 0.2) is 27.1 Å². The molecule has 2 N–H and O–H groups in total. The van der Waals surface area contributed by atoms with E-state index in [0.717, 1.165) is 10.2 Å². The van der Waals surface area contributed by atoms with Crippen LogP contribution in [-0.2, 0) is 6.54 Å². The summed E-state index contributed by atoms with van der Waals surface area (Å²) in [6, 6.07) is 6.50. The summed E-state index contributed by atoms with van der Waals surface area (Å²) in [5, 5.41) is 14.9. The maximum absolute atomic E-state index is 6.01. The molecule has 19 heavy (non-hydrogen) atoms. The highest BCUT2D eigenvalue weighted by molar-refractivity contribution is 9.10. The SMILES string of the molecule is Clc1cccc(Nc2nnc(CNC3CC3)o2)c1Br. The molecule has 0 aliphatic heterocycles. The monoisotopic (exact) mass is 342 g/mol. The van der Waals surface area contributed by atoms with Crippen molar-refractivity contribution in [2.75, 3.05) is 5.32 Å². The predicted molar refractivity (Wildman–Crippen MR) is 76.6 cm³/mol. The average molecular weight is 344 g/mol. The number of hydrogen-bond acceptors (Lipinski definition) is 5. The molecule has 1 fully saturated rings. The number of rotatable bonds is 5. The fourth-order valence-electron chi connectivity index (χ4n) is 1.61. The van der Waals surface area contributed by atoms with Crippen LogP contribution in [0.4, 0.5) is 11.7 Å². The van der Waals surface area contributed by atoms with Gasteiger partial charge in [0, 0.05) is 6.04 Å². The second-order valence-corrected chi connectivity index (χ2v) is 5.58. The molecule has 0 amide bonds. The number of nitrogens with zero attached hydrogens (tertiary/aromatic N) is 2. The number of benzene rings is 1. The van der Waals surface area contributed by atoms with E-state index in [0.29, 0.717) is 29.5 Å². The lowest BCUT2D eigenvalue weighted by Crippen LogP contribution is -2.15. The summed E-state index contributed by atoms with van der Waals surface area (Å²) in [7, 11) is 0. The molecule has 0 bridgehead atoms. The molecule has 0 unspecified atom stereocenters. The van der Waals surface area contributed by atoms with Gasteiger partial charge >= 0.3 is 6.01 Å². The molecule has 1 saturated carbocycles. The van der Waals surface area contributed by atoms with Gasteiger partial charge in [-0.25, -0.2) is 0 Å². The Morgan fingerprint density at radius 3 is 3.00 bits per heavy atom. The van der Waals surface area contributed by atoms with Crippen LogP contribution in [0.25, 0.3) is 0 Å². The van der Waals surface area contributed by atoms with E-state index in [1.54, 1.807) is 6.07 Å². The van der Waals surface area contributed by atoms with Crippen molar-refractivity contribution in [1.82, 2.24) is 15.5 Å². The molecule has 2 aromatic rings. The molecule has 1 aliphatic rings. The van der Waals surface area contributed by atoms with E-state index in [1.807, 2.05) is 12.1 Å². The van der Waals surface area contributed by atoms with Crippen LogP contribution in [0.5, 0.6) is 0 Å². The van der Waals surface area contributed by atoms with Crippen LogP contribution in [0, 0.1) is 0 Å². The molecule has 5 nitrogen and oxygen atoms in total. The molecule has 0 radical (unpaired) electrons. The number of nitrogens with one attached hydrogen (secondary N) is 2. The van der Waals surface area contributed by atoms with Crippen molar-refractivity contribution in [3.8, 4) is 0 Å². The van der Waals surface area contributed by atoms with Crippen LogP contribution >= 0.6 is 27.5 Å². The summed E-state index contributed by atoms with van der Waals surface area (Å²) in [4.78, 5) is 0. The van der Waals surface area contributed by atoms with E-state index < -0.39 is 0 Å². The third kappa shape index (κ3) is 3.26. The second-order valence-electron chi connectivity index (χ2n) is 4.38. The Morgan fingerprint density at radius 2 is 2.21 bits per heavy atom. The molecule has 3 rings (SSSR count). The number of halogens is 2. The van der Waals surface area contributed by atoms with E-state index in [4.69, 9.17) is 16.0 Å². The van der Waals surface area contributed by atoms with Gasteiger partial charge in [0.2, 0.25) is 5.89 Å². The van der Waals surface area contributed by atoms with Crippen molar-refractivity contribution >= 4 is 39.2 Å². The van der Waals surface area contributed by atoms with Gasteiger partial charge in [0.1, 0.15) is 0 Å². The van der Waals surface area contributed by atoms with Gasteiger partial charge in [-0.3, -0.25) is 0 Å². The predicted octanol–water partition coefficient (Wildman–Crippen LogP) is 3.48. The Balaban J connectivity index is 1.67. The van der Waals surface area contributed by atoms with Crippen LogP contribution in [-0.4, -0.2) is 16.2 Å². The third-order valence-electron chi connectivity index (χ3n) is 2.78. The highest BCUT2D eigenvalue weighted by Crippen LogP contribution is 2.31. The van der Waals surface area contributed by atoms with Crippen LogP contribution < -0.4 is 10.6 Å². The van der Waals surface area contributed by atoms with Crippen molar-refractivity contribution in [1.29, 1.82) is 0 Å². The summed E-state index contributed by atoms with van der Waals surface area (Å²) in [5.41, 5.74) is 0.790. The Labute approximate surface area is 123 Å². The summed E-state index contributed by atoms with van der Waals surface area (Å²) in [6.45, 7) is 0.607. The largest absolute Gasteiger partial charge is 0.406 e.